The molecule has 0 aliphatic heterocycles. The fourth-order valence-corrected chi connectivity index (χ4v) is 4.02. The van der Waals surface area contributed by atoms with Gasteiger partial charge < -0.3 is 4.74 Å². The van der Waals surface area contributed by atoms with Gasteiger partial charge in [0.1, 0.15) is 0 Å². The molecule has 0 aromatic heterocycles. The monoisotopic (exact) mass is 244 g/mol. The quantitative estimate of drug-likeness (QED) is 0.762. The molecule has 2 saturated carbocycles. The second kappa shape index (κ2) is 4.75. The molecule has 0 amide bonds. The molecular formula is C16H20O2. The SMILES string of the molecule is CCOC(=O)[C@H]1[C@H]2CC[C@H](C2)[C@@H]1c1ccccc1. The molecule has 4 atom stereocenters. The molecule has 1 aromatic carbocycles. The standard InChI is InChI=1S/C16H20O2/c1-2-18-16(17)15-13-9-8-12(10-13)14(15)11-6-4-3-5-7-11/h3-7,12-15H,2,8-10H2,1H3/t12-,13+,14+,15+/m1/s1. The van der Waals surface area contributed by atoms with E-state index in [0.717, 1.165) is 0 Å². The first-order valence-electron chi connectivity index (χ1n) is 7.03. The molecule has 96 valence electrons. The Morgan fingerprint density at radius 2 is 1.94 bits per heavy atom. The van der Waals surface area contributed by atoms with Crippen LogP contribution in [0.3, 0.4) is 0 Å². The van der Waals surface area contributed by atoms with Crippen LogP contribution in [-0.4, -0.2) is 12.6 Å². The maximum atomic E-state index is 12.2. The molecule has 0 radical (unpaired) electrons. The zero-order valence-electron chi connectivity index (χ0n) is 10.8. The molecule has 2 nitrogen and oxygen atoms in total. The van der Waals surface area contributed by atoms with Crippen molar-refractivity contribution in [1.82, 2.24) is 0 Å². The van der Waals surface area contributed by atoms with E-state index in [1.54, 1.807) is 0 Å². The molecule has 1 aromatic rings. The number of hydrogen-bond acceptors (Lipinski definition) is 2. The van der Waals surface area contributed by atoms with E-state index in [-0.39, 0.29) is 11.9 Å². The van der Waals surface area contributed by atoms with Crippen molar-refractivity contribution in [1.29, 1.82) is 0 Å². The lowest BCUT2D eigenvalue weighted by molar-refractivity contribution is -0.150. The largest absolute Gasteiger partial charge is 0.466 e. The molecule has 0 heterocycles. The van der Waals surface area contributed by atoms with Crippen molar-refractivity contribution in [3.05, 3.63) is 35.9 Å². The number of fused-ring (bicyclic) bond motifs is 2. The summed E-state index contributed by atoms with van der Waals surface area (Å²) in [6.45, 7) is 2.39. The van der Waals surface area contributed by atoms with Crippen molar-refractivity contribution < 1.29 is 9.53 Å². The second-order valence-corrected chi connectivity index (χ2v) is 5.55. The summed E-state index contributed by atoms with van der Waals surface area (Å²) in [5.74, 6) is 1.76. The first-order chi connectivity index (χ1) is 8.81. The summed E-state index contributed by atoms with van der Waals surface area (Å²) >= 11 is 0. The molecule has 0 N–H and O–H groups in total. The van der Waals surface area contributed by atoms with Crippen LogP contribution >= 0.6 is 0 Å². The Morgan fingerprint density at radius 1 is 1.22 bits per heavy atom. The highest BCUT2D eigenvalue weighted by atomic mass is 16.5. The normalized spacial score (nSPS) is 33.6. The number of hydrogen-bond donors (Lipinski definition) is 0. The van der Waals surface area contributed by atoms with Gasteiger partial charge in [0.05, 0.1) is 12.5 Å². The van der Waals surface area contributed by atoms with Crippen LogP contribution in [0.1, 0.15) is 37.7 Å². The smallest absolute Gasteiger partial charge is 0.309 e. The van der Waals surface area contributed by atoms with Gasteiger partial charge in [-0.1, -0.05) is 30.3 Å². The van der Waals surface area contributed by atoms with Crippen molar-refractivity contribution >= 4 is 5.97 Å². The summed E-state index contributed by atoms with van der Waals surface area (Å²) in [6, 6.07) is 10.5. The number of rotatable bonds is 3. The summed E-state index contributed by atoms with van der Waals surface area (Å²) in [7, 11) is 0. The van der Waals surface area contributed by atoms with Crippen LogP contribution in [0.2, 0.25) is 0 Å². The van der Waals surface area contributed by atoms with Gasteiger partial charge in [-0.15, -0.1) is 0 Å². The molecule has 0 spiro atoms. The summed E-state index contributed by atoms with van der Waals surface area (Å²) < 4.78 is 5.29. The fraction of sp³-hybridized carbons (Fsp3) is 0.562. The molecule has 0 unspecified atom stereocenters. The molecular weight excluding hydrogens is 224 g/mol. The Kier molecular flexibility index (Phi) is 3.11. The van der Waals surface area contributed by atoms with E-state index >= 15 is 0 Å². The molecule has 2 aliphatic carbocycles. The summed E-state index contributed by atoms with van der Waals surface area (Å²) in [5, 5.41) is 0. The third-order valence-electron chi connectivity index (χ3n) is 4.66. The number of esters is 1. The van der Waals surface area contributed by atoms with Crippen molar-refractivity contribution in [2.75, 3.05) is 6.61 Å². The summed E-state index contributed by atoms with van der Waals surface area (Å²) in [6.07, 6.45) is 3.70. The first-order valence-corrected chi connectivity index (χ1v) is 7.03. The Morgan fingerprint density at radius 3 is 2.67 bits per heavy atom. The minimum absolute atomic E-state index is 0.0264. The lowest BCUT2D eigenvalue weighted by Crippen LogP contribution is -2.29. The van der Waals surface area contributed by atoms with Gasteiger partial charge in [-0.2, -0.15) is 0 Å². The zero-order chi connectivity index (χ0) is 12.5. The van der Waals surface area contributed by atoms with Crippen LogP contribution in [0.4, 0.5) is 0 Å². The van der Waals surface area contributed by atoms with Gasteiger partial charge in [-0.05, 0) is 43.6 Å². The van der Waals surface area contributed by atoms with Crippen LogP contribution in [0.25, 0.3) is 0 Å². The Hall–Kier alpha value is -1.31. The number of carbonyl (C=O) groups is 1. The lowest BCUT2D eigenvalue weighted by Gasteiger charge is -2.29. The van der Waals surface area contributed by atoms with Crippen LogP contribution in [0.15, 0.2) is 30.3 Å². The predicted molar refractivity (Wildman–Crippen MR) is 70.1 cm³/mol. The highest BCUT2D eigenvalue weighted by Gasteiger charge is 2.51. The van der Waals surface area contributed by atoms with Crippen molar-refractivity contribution in [3.63, 3.8) is 0 Å². The van der Waals surface area contributed by atoms with Gasteiger partial charge in [-0.25, -0.2) is 0 Å². The van der Waals surface area contributed by atoms with Gasteiger partial charge in [-0.3, -0.25) is 4.79 Å². The number of benzene rings is 1. The molecule has 0 saturated heterocycles. The maximum absolute atomic E-state index is 12.2. The second-order valence-electron chi connectivity index (χ2n) is 5.55. The van der Waals surface area contributed by atoms with E-state index in [1.165, 1.54) is 24.8 Å². The van der Waals surface area contributed by atoms with E-state index in [1.807, 2.05) is 13.0 Å². The maximum Gasteiger partial charge on any atom is 0.309 e. The summed E-state index contributed by atoms with van der Waals surface area (Å²) in [5.41, 5.74) is 1.32. The van der Waals surface area contributed by atoms with E-state index in [2.05, 4.69) is 24.3 Å². The van der Waals surface area contributed by atoms with Crippen molar-refractivity contribution in [3.8, 4) is 0 Å². The number of ether oxygens (including phenoxy) is 1. The number of carbonyl (C=O) groups excluding carboxylic acids is 1. The third-order valence-corrected chi connectivity index (χ3v) is 4.66. The van der Waals surface area contributed by atoms with Crippen LogP contribution in [0, 0.1) is 17.8 Å². The van der Waals surface area contributed by atoms with Gasteiger partial charge in [0, 0.05) is 5.92 Å². The average Bonchev–Trinajstić information content (AvgIpc) is 3.00. The van der Waals surface area contributed by atoms with Gasteiger partial charge in [0.25, 0.3) is 0 Å². The fourth-order valence-electron chi connectivity index (χ4n) is 4.02. The third kappa shape index (κ3) is 1.84. The molecule has 2 bridgehead atoms. The summed E-state index contributed by atoms with van der Waals surface area (Å²) in [4.78, 5) is 12.2. The van der Waals surface area contributed by atoms with Gasteiger partial charge in [0.15, 0.2) is 0 Å². The molecule has 2 heteroatoms. The zero-order valence-corrected chi connectivity index (χ0v) is 10.8. The van der Waals surface area contributed by atoms with E-state index < -0.39 is 0 Å². The molecule has 2 fully saturated rings. The first kappa shape index (κ1) is 11.8. The Balaban J connectivity index is 1.89. The topological polar surface area (TPSA) is 26.3 Å². The molecule has 2 aliphatic rings. The van der Waals surface area contributed by atoms with E-state index in [9.17, 15) is 4.79 Å². The average molecular weight is 244 g/mol. The van der Waals surface area contributed by atoms with E-state index in [0.29, 0.717) is 24.4 Å². The minimum Gasteiger partial charge on any atom is -0.466 e. The Labute approximate surface area is 108 Å². The van der Waals surface area contributed by atoms with Crippen LogP contribution in [0.5, 0.6) is 0 Å². The Bertz CT molecular complexity index is 426. The minimum atomic E-state index is 0.0264. The predicted octanol–water partition coefficient (Wildman–Crippen LogP) is 3.38. The lowest BCUT2D eigenvalue weighted by atomic mass is 9.75. The van der Waals surface area contributed by atoms with Gasteiger partial charge in [0.2, 0.25) is 0 Å². The highest BCUT2D eigenvalue weighted by molar-refractivity contribution is 5.75. The molecule has 18 heavy (non-hydrogen) atoms. The van der Waals surface area contributed by atoms with Crippen molar-refractivity contribution in [2.24, 2.45) is 17.8 Å². The highest BCUT2D eigenvalue weighted by Crippen LogP contribution is 2.56. The van der Waals surface area contributed by atoms with Crippen LogP contribution in [-0.2, 0) is 9.53 Å². The van der Waals surface area contributed by atoms with E-state index in [4.69, 9.17) is 4.74 Å². The van der Waals surface area contributed by atoms with Gasteiger partial charge >= 0.3 is 5.97 Å². The van der Waals surface area contributed by atoms with Crippen molar-refractivity contribution in [2.45, 2.75) is 32.1 Å². The van der Waals surface area contributed by atoms with Crippen LogP contribution < -0.4 is 0 Å². The molecule has 3 rings (SSSR count).